The van der Waals surface area contributed by atoms with Crippen LogP contribution in [0.4, 0.5) is 0 Å². The molecule has 1 saturated heterocycles. The van der Waals surface area contributed by atoms with Gasteiger partial charge in [0.25, 0.3) is 0 Å². The van der Waals surface area contributed by atoms with E-state index in [0.717, 1.165) is 5.56 Å². The Labute approximate surface area is 144 Å². The van der Waals surface area contributed by atoms with Crippen LogP contribution in [0.2, 0.25) is 10.0 Å². The molecule has 0 aromatic heterocycles. The molecule has 5 nitrogen and oxygen atoms in total. The fourth-order valence-corrected chi connectivity index (χ4v) is 3.83. The zero-order chi connectivity index (χ0) is 16.7. The van der Waals surface area contributed by atoms with E-state index in [1.165, 1.54) is 12.0 Å². The van der Waals surface area contributed by atoms with Crippen molar-refractivity contribution in [2.24, 2.45) is 5.92 Å². The lowest BCUT2D eigenvalue weighted by Gasteiger charge is -2.21. The third-order valence-corrected chi connectivity index (χ3v) is 5.02. The summed E-state index contributed by atoms with van der Waals surface area (Å²) in [4.78, 5) is 25.5. The molecule has 124 valence electrons. The Balaban J connectivity index is 1.73. The first-order valence-corrected chi connectivity index (χ1v) is 8.18. The van der Waals surface area contributed by atoms with E-state index in [9.17, 15) is 14.7 Å². The van der Waals surface area contributed by atoms with Gasteiger partial charge in [-0.3, -0.25) is 4.79 Å². The number of methoxy groups -OCH3 is 1. The summed E-state index contributed by atoms with van der Waals surface area (Å²) >= 11 is 12.0. The van der Waals surface area contributed by atoms with Crippen molar-refractivity contribution in [1.82, 2.24) is 4.90 Å². The second kappa shape index (κ2) is 6.30. The number of rotatable bonds is 4. The largest absolute Gasteiger partial charge is 0.480 e. The van der Waals surface area contributed by atoms with Crippen molar-refractivity contribution in [2.75, 3.05) is 13.7 Å². The lowest BCUT2D eigenvalue weighted by Crippen LogP contribution is -2.41. The molecule has 23 heavy (non-hydrogen) atoms. The molecule has 7 heteroatoms. The molecule has 1 aliphatic carbocycles. The maximum absolute atomic E-state index is 12.7. The van der Waals surface area contributed by atoms with Crippen LogP contribution in [0.25, 0.3) is 0 Å². The number of amides is 1. The highest BCUT2D eigenvalue weighted by molar-refractivity contribution is 6.34. The molecule has 1 aromatic rings. The molecular formula is C16H17Cl2NO4. The van der Waals surface area contributed by atoms with E-state index in [4.69, 9.17) is 27.9 Å². The summed E-state index contributed by atoms with van der Waals surface area (Å²) < 4.78 is 5.22. The summed E-state index contributed by atoms with van der Waals surface area (Å²) in [6.45, 7) is 0.325. The summed E-state index contributed by atoms with van der Waals surface area (Å²) in [5.41, 5.74) is 0.926. The molecular weight excluding hydrogens is 341 g/mol. The van der Waals surface area contributed by atoms with Crippen LogP contribution in [0.5, 0.6) is 0 Å². The average molecular weight is 358 g/mol. The van der Waals surface area contributed by atoms with E-state index in [1.807, 2.05) is 12.1 Å². The Morgan fingerprint density at radius 2 is 1.87 bits per heavy atom. The smallest absolute Gasteiger partial charge is 0.326 e. The Kier molecular flexibility index (Phi) is 4.54. The van der Waals surface area contributed by atoms with Crippen molar-refractivity contribution in [3.63, 3.8) is 0 Å². The summed E-state index contributed by atoms with van der Waals surface area (Å²) in [6, 6.07) is 4.46. The van der Waals surface area contributed by atoms with Gasteiger partial charge in [-0.2, -0.15) is 0 Å². The van der Waals surface area contributed by atoms with Crippen LogP contribution in [-0.2, 0) is 14.3 Å². The fourth-order valence-electron chi connectivity index (χ4n) is 3.28. The molecule has 0 bridgehead atoms. The van der Waals surface area contributed by atoms with E-state index < -0.39 is 12.0 Å². The number of ether oxygens (including phenoxy) is 1. The van der Waals surface area contributed by atoms with Gasteiger partial charge in [0, 0.05) is 36.0 Å². The predicted octanol–water partition coefficient (Wildman–Crippen LogP) is 2.80. The lowest BCUT2D eigenvalue weighted by atomic mass is 10.1. The van der Waals surface area contributed by atoms with Gasteiger partial charge in [0.15, 0.2) is 0 Å². The molecule has 4 atom stereocenters. The first kappa shape index (κ1) is 16.6. The molecule has 2 aliphatic rings. The maximum Gasteiger partial charge on any atom is 0.326 e. The quantitative estimate of drug-likeness (QED) is 0.899. The number of benzene rings is 1. The molecule has 0 spiro atoms. The molecule has 1 amide bonds. The molecule has 0 radical (unpaired) electrons. The van der Waals surface area contributed by atoms with Crippen LogP contribution in [0.15, 0.2) is 18.2 Å². The van der Waals surface area contributed by atoms with Gasteiger partial charge in [-0.1, -0.05) is 23.2 Å². The normalized spacial score (nSPS) is 29.6. The summed E-state index contributed by atoms with van der Waals surface area (Å²) in [5, 5.41) is 10.4. The van der Waals surface area contributed by atoms with Crippen LogP contribution in [-0.4, -0.2) is 47.7 Å². The lowest BCUT2D eigenvalue weighted by molar-refractivity contribution is -0.148. The highest BCUT2D eigenvalue weighted by Gasteiger charge is 2.50. The van der Waals surface area contributed by atoms with Crippen LogP contribution in [0.1, 0.15) is 24.3 Å². The minimum Gasteiger partial charge on any atom is -0.480 e. The van der Waals surface area contributed by atoms with Gasteiger partial charge in [0.2, 0.25) is 5.91 Å². The van der Waals surface area contributed by atoms with Gasteiger partial charge >= 0.3 is 5.97 Å². The number of hydrogen-bond acceptors (Lipinski definition) is 3. The van der Waals surface area contributed by atoms with E-state index >= 15 is 0 Å². The number of carbonyl (C=O) groups is 2. The van der Waals surface area contributed by atoms with Crippen molar-refractivity contribution in [3.05, 3.63) is 33.8 Å². The monoisotopic (exact) mass is 357 g/mol. The number of halogens is 2. The van der Waals surface area contributed by atoms with Crippen LogP contribution >= 0.6 is 23.2 Å². The minimum atomic E-state index is -0.985. The third-order valence-electron chi connectivity index (χ3n) is 4.58. The Hall–Kier alpha value is -1.30. The van der Waals surface area contributed by atoms with Crippen LogP contribution in [0, 0.1) is 5.92 Å². The topological polar surface area (TPSA) is 66.8 Å². The number of hydrogen-bond donors (Lipinski definition) is 1. The molecule has 1 N–H and O–H groups in total. The molecule has 2 fully saturated rings. The SMILES string of the molecule is COC1CC(C(=O)O)N(C(=O)C2CC2c2cc(Cl)cc(Cl)c2)C1. The standard InChI is InChI=1S/C16H17Cl2NO4/c1-23-11-5-14(16(21)22)19(7-11)15(20)13-6-12(13)8-2-9(17)4-10(18)3-8/h2-4,11-14H,5-7H2,1H3,(H,21,22). The van der Waals surface area contributed by atoms with Crippen LogP contribution < -0.4 is 0 Å². The Morgan fingerprint density at radius 1 is 1.22 bits per heavy atom. The van der Waals surface area contributed by atoms with E-state index in [2.05, 4.69) is 0 Å². The highest BCUT2D eigenvalue weighted by atomic mass is 35.5. The van der Waals surface area contributed by atoms with Crippen molar-refractivity contribution < 1.29 is 19.4 Å². The van der Waals surface area contributed by atoms with Crippen LogP contribution in [0.3, 0.4) is 0 Å². The van der Waals surface area contributed by atoms with Crippen molar-refractivity contribution in [1.29, 1.82) is 0 Å². The molecule has 1 aromatic carbocycles. The van der Waals surface area contributed by atoms with Gasteiger partial charge in [0.1, 0.15) is 6.04 Å². The van der Waals surface area contributed by atoms with Gasteiger partial charge in [0.05, 0.1) is 6.10 Å². The maximum atomic E-state index is 12.7. The molecule has 1 heterocycles. The summed E-state index contributed by atoms with van der Waals surface area (Å²) in [6.07, 6.45) is 0.798. The number of nitrogens with zero attached hydrogens (tertiary/aromatic N) is 1. The molecule has 1 aliphatic heterocycles. The number of carbonyl (C=O) groups excluding carboxylic acids is 1. The first-order valence-electron chi connectivity index (χ1n) is 7.42. The zero-order valence-electron chi connectivity index (χ0n) is 12.5. The summed E-state index contributed by atoms with van der Waals surface area (Å²) in [7, 11) is 1.53. The van der Waals surface area contributed by atoms with Gasteiger partial charge in [-0.15, -0.1) is 0 Å². The number of carboxylic acids is 1. The minimum absolute atomic E-state index is 0.0507. The number of aliphatic carboxylic acids is 1. The van der Waals surface area contributed by atoms with Crippen molar-refractivity contribution in [2.45, 2.75) is 30.9 Å². The van der Waals surface area contributed by atoms with Gasteiger partial charge in [-0.05, 0) is 36.1 Å². The second-order valence-corrected chi connectivity index (χ2v) is 6.96. The van der Waals surface area contributed by atoms with Gasteiger partial charge < -0.3 is 14.7 Å². The first-order chi connectivity index (χ1) is 10.9. The predicted molar refractivity (Wildman–Crippen MR) is 85.9 cm³/mol. The second-order valence-electron chi connectivity index (χ2n) is 6.09. The number of carboxylic acid groups (broad SMARTS) is 1. The molecule has 4 unspecified atom stereocenters. The van der Waals surface area contributed by atoms with E-state index in [0.29, 0.717) is 29.4 Å². The van der Waals surface area contributed by atoms with Crippen molar-refractivity contribution in [3.8, 4) is 0 Å². The average Bonchev–Trinajstić information content (AvgIpc) is 3.16. The van der Waals surface area contributed by atoms with E-state index in [-0.39, 0.29) is 23.8 Å². The van der Waals surface area contributed by atoms with E-state index in [1.54, 1.807) is 6.07 Å². The Bertz CT molecular complexity index is 631. The van der Waals surface area contributed by atoms with Crippen molar-refractivity contribution >= 4 is 35.1 Å². The highest BCUT2D eigenvalue weighted by Crippen LogP contribution is 2.50. The number of likely N-dealkylation sites (tertiary alicyclic amines) is 1. The third kappa shape index (κ3) is 3.32. The zero-order valence-corrected chi connectivity index (χ0v) is 14.0. The Morgan fingerprint density at radius 3 is 2.43 bits per heavy atom. The van der Waals surface area contributed by atoms with Gasteiger partial charge in [-0.25, -0.2) is 4.79 Å². The molecule has 3 rings (SSSR count). The molecule has 1 saturated carbocycles. The fraction of sp³-hybridized carbons (Fsp3) is 0.500. The summed E-state index contributed by atoms with van der Waals surface area (Å²) in [5.74, 6) is -1.27.